The lowest BCUT2D eigenvalue weighted by Crippen LogP contribution is -2.16. The molecule has 0 saturated carbocycles. The minimum atomic E-state index is 0.321. The highest BCUT2D eigenvalue weighted by molar-refractivity contribution is 6.42. The van der Waals surface area contributed by atoms with Crippen molar-refractivity contribution in [2.75, 3.05) is 20.8 Å². The Bertz CT molecular complexity index is 344. The van der Waals surface area contributed by atoms with Crippen LogP contribution in [0.15, 0.2) is 18.2 Å². The standard InChI is InChI=1S/C13H19Cl2NO/c1-16-13(5-3-4-8-17-2)10-6-7-11(14)12(15)9-10/h6-7,9,13,16H,3-5,8H2,1-2H3. The van der Waals surface area contributed by atoms with Gasteiger partial charge in [0, 0.05) is 19.8 Å². The number of halogens is 2. The largest absolute Gasteiger partial charge is 0.385 e. The van der Waals surface area contributed by atoms with E-state index in [0.29, 0.717) is 16.1 Å². The van der Waals surface area contributed by atoms with Crippen LogP contribution in [0, 0.1) is 0 Å². The molecule has 0 bridgehead atoms. The summed E-state index contributed by atoms with van der Waals surface area (Å²) in [6.45, 7) is 0.817. The lowest BCUT2D eigenvalue weighted by molar-refractivity contribution is 0.191. The molecule has 0 aliphatic heterocycles. The van der Waals surface area contributed by atoms with Crippen molar-refractivity contribution in [1.29, 1.82) is 0 Å². The number of unbranched alkanes of at least 4 members (excludes halogenated alkanes) is 1. The summed E-state index contributed by atoms with van der Waals surface area (Å²) in [5, 5.41) is 4.51. The Morgan fingerprint density at radius 1 is 1.24 bits per heavy atom. The molecule has 17 heavy (non-hydrogen) atoms. The first kappa shape index (κ1) is 14.8. The van der Waals surface area contributed by atoms with Gasteiger partial charge in [0.15, 0.2) is 0 Å². The average Bonchev–Trinajstić information content (AvgIpc) is 2.33. The van der Waals surface area contributed by atoms with E-state index in [-0.39, 0.29) is 0 Å². The molecule has 4 heteroatoms. The lowest BCUT2D eigenvalue weighted by atomic mass is 10.0. The molecule has 0 fully saturated rings. The molecule has 0 spiro atoms. The smallest absolute Gasteiger partial charge is 0.0595 e. The van der Waals surface area contributed by atoms with Crippen molar-refractivity contribution in [2.24, 2.45) is 0 Å². The molecule has 1 aromatic carbocycles. The van der Waals surface area contributed by atoms with Crippen LogP contribution in [0.2, 0.25) is 10.0 Å². The molecule has 1 unspecified atom stereocenters. The first-order valence-corrected chi connectivity index (χ1v) is 6.55. The van der Waals surface area contributed by atoms with Gasteiger partial charge in [-0.25, -0.2) is 0 Å². The highest BCUT2D eigenvalue weighted by Crippen LogP contribution is 2.27. The first-order valence-electron chi connectivity index (χ1n) is 5.80. The highest BCUT2D eigenvalue weighted by atomic mass is 35.5. The molecule has 0 aliphatic rings. The average molecular weight is 276 g/mol. The van der Waals surface area contributed by atoms with Gasteiger partial charge < -0.3 is 10.1 Å². The van der Waals surface area contributed by atoms with Crippen LogP contribution in [0.5, 0.6) is 0 Å². The number of methoxy groups -OCH3 is 1. The third-order valence-corrected chi connectivity index (χ3v) is 3.52. The number of nitrogens with one attached hydrogen (secondary N) is 1. The van der Waals surface area contributed by atoms with E-state index in [2.05, 4.69) is 5.32 Å². The van der Waals surface area contributed by atoms with E-state index in [1.165, 1.54) is 5.56 Å². The Hall–Kier alpha value is -0.280. The maximum Gasteiger partial charge on any atom is 0.0595 e. The van der Waals surface area contributed by atoms with Gasteiger partial charge in [0.25, 0.3) is 0 Å². The van der Waals surface area contributed by atoms with Gasteiger partial charge in [-0.3, -0.25) is 0 Å². The number of ether oxygens (including phenoxy) is 1. The number of hydrogen-bond donors (Lipinski definition) is 1. The van der Waals surface area contributed by atoms with Gasteiger partial charge in [0.05, 0.1) is 10.0 Å². The fourth-order valence-electron chi connectivity index (χ4n) is 1.80. The van der Waals surface area contributed by atoms with Crippen LogP contribution in [-0.4, -0.2) is 20.8 Å². The lowest BCUT2D eigenvalue weighted by Gasteiger charge is -2.17. The molecule has 1 N–H and O–H groups in total. The zero-order valence-corrected chi connectivity index (χ0v) is 11.8. The molecule has 96 valence electrons. The van der Waals surface area contributed by atoms with E-state index >= 15 is 0 Å². The molecule has 0 radical (unpaired) electrons. The first-order chi connectivity index (χ1) is 8.19. The van der Waals surface area contributed by atoms with Crippen LogP contribution in [0.25, 0.3) is 0 Å². The van der Waals surface area contributed by atoms with Gasteiger partial charge in [-0.05, 0) is 44.0 Å². The molecule has 1 aromatic rings. The second kappa shape index (κ2) is 7.93. The Morgan fingerprint density at radius 3 is 2.59 bits per heavy atom. The summed E-state index contributed by atoms with van der Waals surface area (Å²) in [6, 6.07) is 6.12. The van der Waals surface area contributed by atoms with Crippen LogP contribution in [-0.2, 0) is 4.74 Å². The molecule has 2 nitrogen and oxygen atoms in total. The summed E-state index contributed by atoms with van der Waals surface area (Å²) in [6.07, 6.45) is 3.27. The van der Waals surface area contributed by atoms with Crippen LogP contribution in [0.3, 0.4) is 0 Å². The molecule has 0 heterocycles. The number of rotatable bonds is 7. The van der Waals surface area contributed by atoms with Crippen molar-refractivity contribution in [3.8, 4) is 0 Å². The number of benzene rings is 1. The zero-order valence-electron chi connectivity index (χ0n) is 10.3. The van der Waals surface area contributed by atoms with Crippen molar-refractivity contribution < 1.29 is 4.74 Å². The second-order valence-electron chi connectivity index (χ2n) is 4.00. The van der Waals surface area contributed by atoms with Crippen molar-refractivity contribution in [3.63, 3.8) is 0 Å². The molecule has 0 aromatic heterocycles. The van der Waals surface area contributed by atoms with Gasteiger partial charge in [0.1, 0.15) is 0 Å². The molecular weight excluding hydrogens is 257 g/mol. The van der Waals surface area contributed by atoms with Gasteiger partial charge in [-0.1, -0.05) is 29.3 Å². The number of hydrogen-bond acceptors (Lipinski definition) is 2. The van der Waals surface area contributed by atoms with Gasteiger partial charge in [-0.2, -0.15) is 0 Å². The normalized spacial score (nSPS) is 12.7. The predicted molar refractivity (Wildman–Crippen MR) is 74.0 cm³/mol. The SMILES string of the molecule is CNC(CCCCOC)c1ccc(Cl)c(Cl)c1. The van der Waals surface area contributed by atoms with Crippen molar-refractivity contribution >= 4 is 23.2 Å². The van der Waals surface area contributed by atoms with E-state index < -0.39 is 0 Å². The third kappa shape index (κ3) is 4.84. The van der Waals surface area contributed by atoms with Crippen LogP contribution < -0.4 is 5.32 Å². The Balaban J connectivity index is 2.56. The maximum atomic E-state index is 6.02. The van der Waals surface area contributed by atoms with Crippen LogP contribution in [0.1, 0.15) is 30.9 Å². The van der Waals surface area contributed by atoms with Crippen LogP contribution in [0.4, 0.5) is 0 Å². The minimum absolute atomic E-state index is 0.321. The minimum Gasteiger partial charge on any atom is -0.385 e. The highest BCUT2D eigenvalue weighted by Gasteiger charge is 2.10. The topological polar surface area (TPSA) is 21.3 Å². The van der Waals surface area contributed by atoms with E-state index in [1.807, 2.05) is 25.2 Å². The van der Waals surface area contributed by atoms with E-state index in [9.17, 15) is 0 Å². The summed E-state index contributed by atoms with van der Waals surface area (Å²) in [5.74, 6) is 0. The molecule has 1 rings (SSSR count). The summed E-state index contributed by atoms with van der Waals surface area (Å²) in [4.78, 5) is 0. The Kier molecular flexibility index (Phi) is 6.90. The van der Waals surface area contributed by atoms with Crippen molar-refractivity contribution in [1.82, 2.24) is 5.32 Å². The fourth-order valence-corrected chi connectivity index (χ4v) is 2.11. The van der Waals surface area contributed by atoms with Crippen LogP contribution >= 0.6 is 23.2 Å². The molecule has 0 aliphatic carbocycles. The summed E-state index contributed by atoms with van der Waals surface area (Å²) in [5.41, 5.74) is 1.18. The summed E-state index contributed by atoms with van der Waals surface area (Å²) >= 11 is 11.9. The van der Waals surface area contributed by atoms with E-state index in [1.54, 1.807) is 7.11 Å². The quantitative estimate of drug-likeness (QED) is 0.758. The molecule has 0 amide bonds. The monoisotopic (exact) mass is 275 g/mol. The second-order valence-corrected chi connectivity index (χ2v) is 4.82. The Labute approximate surface area is 113 Å². The van der Waals surface area contributed by atoms with E-state index in [0.717, 1.165) is 25.9 Å². The summed E-state index contributed by atoms with van der Waals surface area (Å²) in [7, 11) is 3.69. The van der Waals surface area contributed by atoms with Gasteiger partial charge >= 0.3 is 0 Å². The molecule has 1 atom stereocenters. The maximum absolute atomic E-state index is 6.02. The Morgan fingerprint density at radius 2 is 2.00 bits per heavy atom. The van der Waals surface area contributed by atoms with Gasteiger partial charge in [0.2, 0.25) is 0 Å². The molecular formula is C13H19Cl2NO. The van der Waals surface area contributed by atoms with E-state index in [4.69, 9.17) is 27.9 Å². The molecule has 0 saturated heterocycles. The van der Waals surface area contributed by atoms with Gasteiger partial charge in [-0.15, -0.1) is 0 Å². The van der Waals surface area contributed by atoms with Crippen molar-refractivity contribution in [2.45, 2.75) is 25.3 Å². The third-order valence-electron chi connectivity index (χ3n) is 2.79. The predicted octanol–water partition coefficient (Wildman–Crippen LogP) is 4.07. The zero-order chi connectivity index (χ0) is 12.7. The van der Waals surface area contributed by atoms with Crippen molar-refractivity contribution in [3.05, 3.63) is 33.8 Å². The summed E-state index contributed by atoms with van der Waals surface area (Å²) < 4.78 is 5.04. The fraction of sp³-hybridized carbons (Fsp3) is 0.538.